The van der Waals surface area contributed by atoms with Crippen LogP contribution in [0.1, 0.15) is 19.4 Å². The zero-order valence-corrected chi connectivity index (χ0v) is 19.6. The molecular weight excluding hydrogens is 422 g/mol. The van der Waals surface area contributed by atoms with Crippen molar-refractivity contribution in [1.29, 1.82) is 0 Å². The number of nitrogens with zero attached hydrogens (tertiary/aromatic N) is 3. The van der Waals surface area contributed by atoms with Crippen LogP contribution in [0, 0.1) is 0 Å². The molecule has 1 heterocycles. The minimum absolute atomic E-state index is 0. The van der Waals surface area contributed by atoms with Crippen LogP contribution in [0.25, 0.3) is 10.2 Å². The van der Waals surface area contributed by atoms with E-state index in [0.29, 0.717) is 13.0 Å². The molecule has 1 amide bonds. The Balaban J connectivity index is 0.00000300. The van der Waals surface area contributed by atoms with Gasteiger partial charge in [0.25, 0.3) is 0 Å². The number of rotatable bonds is 9. The highest BCUT2D eigenvalue weighted by Crippen LogP contribution is 2.34. The number of carbonyl (C=O) groups excluding carboxylic acids is 1. The van der Waals surface area contributed by atoms with Gasteiger partial charge in [-0.25, -0.2) is 4.98 Å². The van der Waals surface area contributed by atoms with E-state index < -0.39 is 0 Å². The first-order valence-corrected chi connectivity index (χ1v) is 11.7. The Hall–Kier alpha value is -1.60. The van der Waals surface area contributed by atoms with Crippen molar-refractivity contribution in [1.82, 2.24) is 9.88 Å². The molecule has 0 spiro atoms. The SMILES string of the molecule is CCN(CC)CCN(C(=O)Cc1ccccc1)c1nc2c(SC)cccc2s1.Cl. The number of para-hydroxylation sites is 1. The largest absolute Gasteiger partial charge is 0.302 e. The molecule has 1 aromatic heterocycles. The van der Waals surface area contributed by atoms with Crippen LogP contribution in [0.15, 0.2) is 53.4 Å². The molecule has 0 aliphatic rings. The number of halogens is 1. The smallest absolute Gasteiger partial charge is 0.233 e. The Morgan fingerprint density at radius 2 is 1.76 bits per heavy atom. The molecule has 0 radical (unpaired) electrons. The molecule has 7 heteroatoms. The van der Waals surface area contributed by atoms with Crippen molar-refractivity contribution in [3.05, 3.63) is 54.1 Å². The molecule has 0 atom stereocenters. The van der Waals surface area contributed by atoms with Crippen molar-refractivity contribution < 1.29 is 4.79 Å². The first-order valence-electron chi connectivity index (χ1n) is 9.66. The summed E-state index contributed by atoms with van der Waals surface area (Å²) in [6, 6.07) is 16.2. The van der Waals surface area contributed by atoms with Gasteiger partial charge in [-0.2, -0.15) is 0 Å². The van der Waals surface area contributed by atoms with Crippen LogP contribution in [-0.4, -0.2) is 48.2 Å². The lowest BCUT2D eigenvalue weighted by Crippen LogP contribution is -2.39. The molecule has 29 heavy (non-hydrogen) atoms. The lowest BCUT2D eigenvalue weighted by molar-refractivity contribution is -0.118. The number of thiazole rings is 1. The fourth-order valence-electron chi connectivity index (χ4n) is 3.17. The van der Waals surface area contributed by atoms with E-state index in [2.05, 4.69) is 43.2 Å². The molecule has 2 aromatic carbocycles. The van der Waals surface area contributed by atoms with Gasteiger partial charge in [-0.3, -0.25) is 9.69 Å². The van der Waals surface area contributed by atoms with Gasteiger partial charge in [0.05, 0.1) is 16.6 Å². The molecule has 3 aromatic rings. The van der Waals surface area contributed by atoms with Gasteiger partial charge in [0.15, 0.2) is 5.13 Å². The van der Waals surface area contributed by atoms with Crippen molar-refractivity contribution in [3.63, 3.8) is 0 Å². The van der Waals surface area contributed by atoms with Crippen LogP contribution in [0.2, 0.25) is 0 Å². The summed E-state index contributed by atoms with van der Waals surface area (Å²) >= 11 is 3.30. The summed E-state index contributed by atoms with van der Waals surface area (Å²) in [4.78, 5) is 23.4. The summed E-state index contributed by atoms with van der Waals surface area (Å²) in [5.41, 5.74) is 2.03. The summed E-state index contributed by atoms with van der Waals surface area (Å²) in [6.07, 6.45) is 2.46. The number of aromatic nitrogens is 1. The molecule has 0 N–H and O–H groups in total. The molecule has 3 rings (SSSR count). The third-order valence-electron chi connectivity index (χ3n) is 4.85. The van der Waals surface area contributed by atoms with Gasteiger partial charge in [-0.15, -0.1) is 24.2 Å². The molecule has 0 aliphatic heterocycles. The lowest BCUT2D eigenvalue weighted by Gasteiger charge is -2.24. The average Bonchev–Trinajstić information content (AvgIpc) is 3.15. The quantitative estimate of drug-likeness (QED) is 0.412. The minimum Gasteiger partial charge on any atom is -0.302 e. The number of hydrogen-bond acceptors (Lipinski definition) is 5. The van der Waals surface area contributed by atoms with Crippen LogP contribution in [0.3, 0.4) is 0 Å². The van der Waals surface area contributed by atoms with Crippen LogP contribution in [-0.2, 0) is 11.2 Å². The molecule has 0 bridgehead atoms. The van der Waals surface area contributed by atoms with Gasteiger partial charge < -0.3 is 4.90 Å². The second-order valence-corrected chi connectivity index (χ2v) is 8.40. The van der Waals surface area contributed by atoms with Crippen molar-refractivity contribution >= 4 is 56.8 Å². The summed E-state index contributed by atoms with van der Waals surface area (Å²) in [6.45, 7) is 7.77. The number of anilines is 1. The zero-order valence-electron chi connectivity index (χ0n) is 17.1. The molecular formula is C22H28ClN3OS2. The third-order valence-corrected chi connectivity index (χ3v) is 6.67. The minimum atomic E-state index is 0. The van der Waals surface area contributed by atoms with Crippen molar-refractivity contribution in [2.24, 2.45) is 0 Å². The molecule has 4 nitrogen and oxygen atoms in total. The Labute approximate surface area is 187 Å². The van der Waals surface area contributed by atoms with E-state index in [1.165, 1.54) is 0 Å². The first kappa shape index (κ1) is 23.7. The van der Waals surface area contributed by atoms with Crippen LogP contribution < -0.4 is 4.90 Å². The van der Waals surface area contributed by atoms with E-state index >= 15 is 0 Å². The Morgan fingerprint density at radius 1 is 1.03 bits per heavy atom. The van der Waals surface area contributed by atoms with Crippen molar-refractivity contribution in [2.45, 2.75) is 25.2 Å². The molecule has 0 saturated heterocycles. The fourth-order valence-corrected chi connectivity index (χ4v) is 4.83. The summed E-state index contributed by atoms with van der Waals surface area (Å²) in [5, 5.41) is 0.796. The Morgan fingerprint density at radius 3 is 2.41 bits per heavy atom. The molecule has 0 unspecified atom stereocenters. The first-order chi connectivity index (χ1) is 13.7. The number of benzene rings is 2. The molecule has 156 valence electrons. The van der Waals surface area contributed by atoms with E-state index in [4.69, 9.17) is 4.98 Å². The average molecular weight is 450 g/mol. The number of likely N-dealkylation sites (N-methyl/N-ethyl adjacent to an activating group) is 1. The van der Waals surface area contributed by atoms with E-state index in [1.54, 1.807) is 23.1 Å². The monoisotopic (exact) mass is 449 g/mol. The van der Waals surface area contributed by atoms with E-state index in [0.717, 1.165) is 45.4 Å². The van der Waals surface area contributed by atoms with Gasteiger partial charge in [0, 0.05) is 18.0 Å². The van der Waals surface area contributed by atoms with Crippen molar-refractivity contribution in [3.8, 4) is 0 Å². The number of amides is 1. The van der Waals surface area contributed by atoms with Gasteiger partial charge in [0.1, 0.15) is 0 Å². The topological polar surface area (TPSA) is 36.4 Å². The van der Waals surface area contributed by atoms with E-state index in [-0.39, 0.29) is 18.3 Å². The maximum absolute atomic E-state index is 13.2. The highest BCUT2D eigenvalue weighted by Gasteiger charge is 2.21. The maximum atomic E-state index is 13.2. The van der Waals surface area contributed by atoms with Crippen LogP contribution in [0.4, 0.5) is 5.13 Å². The third kappa shape index (κ3) is 5.95. The number of fused-ring (bicyclic) bond motifs is 1. The van der Waals surface area contributed by atoms with Crippen LogP contribution >= 0.6 is 35.5 Å². The predicted octanol–water partition coefficient (Wildman–Crippen LogP) is 5.36. The number of hydrogen-bond donors (Lipinski definition) is 0. The number of carbonyl (C=O) groups is 1. The highest BCUT2D eigenvalue weighted by atomic mass is 35.5. The van der Waals surface area contributed by atoms with Gasteiger partial charge in [-0.05, 0) is 37.0 Å². The summed E-state index contributed by atoms with van der Waals surface area (Å²) < 4.78 is 1.13. The van der Waals surface area contributed by atoms with Crippen molar-refractivity contribution in [2.75, 3.05) is 37.3 Å². The second kappa shape index (κ2) is 11.6. The summed E-state index contributed by atoms with van der Waals surface area (Å²) in [7, 11) is 0. The summed E-state index contributed by atoms with van der Waals surface area (Å²) in [5.74, 6) is 0.100. The zero-order chi connectivity index (χ0) is 19.9. The molecule has 0 fully saturated rings. The van der Waals surface area contributed by atoms with Gasteiger partial charge in [-0.1, -0.05) is 61.6 Å². The fraction of sp³-hybridized carbons (Fsp3) is 0.364. The highest BCUT2D eigenvalue weighted by molar-refractivity contribution is 7.98. The molecule has 0 aliphatic carbocycles. The second-order valence-electron chi connectivity index (χ2n) is 6.54. The Bertz CT molecular complexity index is 913. The standard InChI is InChI=1S/C22H27N3OS2.ClH/c1-4-24(5-2)14-15-25(20(26)16-17-10-7-6-8-11-17)22-23-21-18(27-3)12-9-13-19(21)28-22;/h6-13H,4-5,14-16H2,1-3H3;1H. The van der Waals surface area contributed by atoms with Gasteiger partial charge >= 0.3 is 0 Å². The maximum Gasteiger partial charge on any atom is 0.233 e. The van der Waals surface area contributed by atoms with E-state index in [9.17, 15) is 4.79 Å². The van der Waals surface area contributed by atoms with E-state index in [1.807, 2.05) is 35.2 Å². The molecule has 0 saturated carbocycles. The number of thioether (sulfide) groups is 1. The Kier molecular flexibility index (Phi) is 9.43. The predicted molar refractivity (Wildman–Crippen MR) is 129 cm³/mol. The van der Waals surface area contributed by atoms with Gasteiger partial charge in [0.2, 0.25) is 5.91 Å². The normalized spacial score (nSPS) is 10.9. The van der Waals surface area contributed by atoms with Crippen LogP contribution in [0.5, 0.6) is 0 Å². The lowest BCUT2D eigenvalue weighted by atomic mass is 10.1.